The molecule has 3 aliphatic heterocycles. The van der Waals surface area contributed by atoms with Gasteiger partial charge in [0.15, 0.2) is 11.5 Å². The zero-order valence-corrected chi connectivity index (χ0v) is 14.3. The molecule has 136 valence electrons. The van der Waals surface area contributed by atoms with Crippen molar-refractivity contribution in [1.82, 2.24) is 9.80 Å². The summed E-state index contributed by atoms with van der Waals surface area (Å²) < 4.78 is 16.0. The molecule has 0 saturated carbocycles. The number of ether oxygens (including phenoxy) is 3. The Morgan fingerprint density at radius 2 is 1.92 bits per heavy atom. The van der Waals surface area contributed by atoms with Crippen molar-refractivity contribution in [2.45, 2.75) is 19.4 Å². The average Bonchev–Trinajstić information content (AvgIpc) is 3.09. The van der Waals surface area contributed by atoms with Crippen molar-refractivity contribution < 1.29 is 24.1 Å². The number of amides is 1. The van der Waals surface area contributed by atoms with E-state index in [1.165, 1.54) is 0 Å². The minimum absolute atomic E-state index is 0.0306. The number of rotatable bonds is 3. The third-order valence-electron chi connectivity index (χ3n) is 5.15. The Balaban J connectivity index is 1.40. The number of carbonyl (C=O) groups excluding carboxylic acids is 1. The predicted octanol–water partition coefficient (Wildman–Crippen LogP) is 1.19. The summed E-state index contributed by atoms with van der Waals surface area (Å²) in [6.45, 7) is 5.11. The summed E-state index contributed by atoms with van der Waals surface area (Å²) in [5, 5.41) is 10.2. The number of phenols is 1. The second kappa shape index (κ2) is 7.09. The van der Waals surface area contributed by atoms with Crippen molar-refractivity contribution in [3.63, 3.8) is 0 Å². The average molecular weight is 348 g/mol. The molecule has 1 aromatic rings. The molecule has 0 bridgehead atoms. The Morgan fingerprint density at radius 1 is 1.16 bits per heavy atom. The molecule has 0 radical (unpaired) electrons. The first-order valence-corrected chi connectivity index (χ1v) is 8.91. The van der Waals surface area contributed by atoms with Crippen LogP contribution in [-0.2, 0) is 16.1 Å². The van der Waals surface area contributed by atoms with E-state index in [0.717, 1.165) is 31.5 Å². The highest BCUT2D eigenvalue weighted by Crippen LogP contribution is 2.38. The van der Waals surface area contributed by atoms with Gasteiger partial charge in [-0.3, -0.25) is 9.69 Å². The van der Waals surface area contributed by atoms with E-state index in [2.05, 4.69) is 4.90 Å². The van der Waals surface area contributed by atoms with Gasteiger partial charge < -0.3 is 24.2 Å². The Labute approximate surface area is 147 Å². The maximum absolute atomic E-state index is 12.7. The van der Waals surface area contributed by atoms with Crippen molar-refractivity contribution >= 4 is 5.91 Å². The van der Waals surface area contributed by atoms with E-state index in [1.807, 2.05) is 11.0 Å². The van der Waals surface area contributed by atoms with E-state index in [1.54, 1.807) is 6.07 Å². The van der Waals surface area contributed by atoms with E-state index in [0.29, 0.717) is 44.3 Å². The number of nitrogens with zero attached hydrogens (tertiary/aromatic N) is 2. The van der Waals surface area contributed by atoms with Gasteiger partial charge in [-0.05, 0) is 25.5 Å². The van der Waals surface area contributed by atoms with Crippen molar-refractivity contribution in [1.29, 1.82) is 0 Å². The summed E-state index contributed by atoms with van der Waals surface area (Å²) in [4.78, 5) is 16.9. The molecule has 0 aromatic heterocycles. The zero-order valence-electron chi connectivity index (χ0n) is 14.3. The monoisotopic (exact) mass is 348 g/mol. The summed E-state index contributed by atoms with van der Waals surface area (Å²) >= 11 is 0. The fourth-order valence-corrected chi connectivity index (χ4v) is 3.78. The summed E-state index contributed by atoms with van der Waals surface area (Å²) in [5.41, 5.74) is 0.809. The molecule has 7 nitrogen and oxygen atoms in total. The number of aromatic hydroxyl groups is 1. The molecule has 25 heavy (non-hydrogen) atoms. The molecular weight excluding hydrogens is 324 g/mol. The van der Waals surface area contributed by atoms with Crippen molar-refractivity contribution in [3.05, 3.63) is 17.7 Å². The van der Waals surface area contributed by atoms with Crippen molar-refractivity contribution in [2.24, 2.45) is 5.92 Å². The van der Waals surface area contributed by atoms with E-state index in [4.69, 9.17) is 14.2 Å². The maximum Gasteiger partial charge on any atom is 0.231 e. The number of benzene rings is 1. The van der Waals surface area contributed by atoms with Crippen molar-refractivity contribution in [2.75, 3.05) is 46.2 Å². The van der Waals surface area contributed by atoms with Gasteiger partial charge in [-0.1, -0.05) is 0 Å². The quantitative estimate of drug-likeness (QED) is 0.885. The van der Waals surface area contributed by atoms with Crippen LogP contribution in [0.3, 0.4) is 0 Å². The van der Waals surface area contributed by atoms with Crippen LogP contribution < -0.4 is 9.47 Å². The standard InChI is InChI=1S/C18H24N2O5/c21-15-9-17-16(24-12-25-17)8-14(15)11-19-3-1-2-13(10-19)18(22)20-4-6-23-7-5-20/h8-9,13,21H,1-7,10-12H2/t13-/m1/s1. The highest BCUT2D eigenvalue weighted by Gasteiger charge is 2.30. The molecule has 2 saturated heterocycles. The summed E-state index contributed by atoms with van der Waals surface area (Å²) in [6.07, 6.45) is 1.92. The number of likely N-dealkylation sites (tertiary alicyclic amines) is 1. The fraction of sp³-hybridized carbons (Fsp3) is 0.611. The summed E-state index contributed by atoms with van der Waals surface area (Å²) in [7, 11) is 0. The second-order valence-corrected chi connectivity index (χ2v) is 6.85. The number of carbonyl (C=O) groups is 1. The normalized spacial score (nSPS) is 23.7. The van der Waals surface area contributed by atoms with Crippen LogP contribution in [-0.4, -0.2) is 67.0 Å². The topological polar surface area (TPSA) is 71.5 Å². The van der Waals surface area contributed by atoms with Crippen LogP contribution in [0.15, 0.2) is 12.1 Å². The number of piperidine rings is 1. The first-order chi connectivity index (χ1) is 12.2. The van der Waals surface area contributed by atoms with Crippen molar-refractivity contribution in [3.8, 4) is 17.2 Å². The van der Waals surface area contributed by atoms with Crippen LogP contribution >= 0.6 is 0 Å². The molecule has 4 rings (SSSR count). The van der Waals surface area contributed by atoms with Crippen LogP contribution in [0, 0.1) is 5.92 Å². The minimum atomic E-state index is 0.0306. The Bertz CT molecular complexity index is 645. The van der Waals surface area contributed by atoms with Crippen LogP contribution in [0.4, 0.5) is 0 Å². The molecule has 1 N–H and O–H groups in total. The van der Waals surface area contributed by atoms with Gasteiger partial charge >= 0.3 is 0 Å². The Morgan fingerprint density at radius 3 is 2.72 bits per heavy atom. The minimum Gasteiger partial charge on any atom is -0.507 e. The fourth-order valence-electron chi connectivity index (χ4n) is 3.78. The Kier molecular flexibility index (Phi) is 4.67. The summed E-state index contributed by atoms with van der Waals surface area (Å²) in [6, 6.07) is 3.45. The third-order valence-corrected chi connectivity index (χ3v) is 5.15. The van der Waals surface area contributed by atoms with Crippen LogP contribution in [0.1, 0.15) is 18.4 Å². The lowest BCUT2D eigenvalue weighted by atomic mass is 9.95. The Hall–Kier alpha value is -1.99. The molecule has 3 heterocycles. The van der Waals surface area contributed by atoms with Gasteiger partial charge in [0.2, 0.25) is 12.7 Å². The number of fused-ring (bicyclic) bond motifs is 1. The molecule has 1 aromatic carbocycles. The molecule has 1 atom stereocenters. The molecule has 3 aliphatic rings. The highest BCUT2D eigenvalue weighted by molar-refractivity contribution is 5.79. The summed E-state index contributed by atoms with van der Waals surface area (Å²) in [5.74, 6) is 1.74. The number of hydrogen-bond acceptors (Lipinski definition) is 6. The van der Waals surface area contributed by atoms with Gasteiger partial charge in [0.1, 0.15) is 5.75 Å². The van der Waals surface area contributed by atoms with Gasteiger partial charge in [-0.25, -0.2) is 0 Å². The van der Waals surface area contributed by atoms with Gasteiger partial charge in [0.25, 0.3) is 0 Å². The number of phenolic OH excluding ortho intramolecular Hbond substituents is 1. The smallest absolute Gasteiger partial charge is 0.231 e. The zero-order chi connectivity index (χ0) is 17.2. The lowest BCUT2D eigenvalue weighted by Gasteiger charge is -2.36. The van der Waals surface area contributed by atoms with E-state index in [9.17, 15) is 9.90 Å². The number of hydrogen-bond donors (Lipinski definition) is 1. The van der Waals surface area contributed by atoms with E-state index in [-0.39, 0.29) is 24.4 Å². The first kappa shape index (κ1) is 16.5. The lowest BCUT2D eigenvalue weighted by molar-refractivity contribution is -0.141. The molecule has 0 unspecified atom stereocenters. The van der Waals surface area contributed by atoms with Gasteiger partial charge in [0.05, 0.1) is 19.1 Å². The third kappa shape index (κ3) is 3.52. The molecule has 0 spiro atoms. The molecule has 2 fully saturated rings. The lowest BCUT2D eigenvalue weighted by Crippen LogP contribution is -2.48. The molecule has 7 heteroatoms. The predicted molar refractivity (Wildman–Crippen MR) is 89.6 cm³/mol. The van der Waals surface area contributed by atoms with Crippen LogP contribution in [0.25, 0.3) is 0 Å². The van der Waals surface area contributed by atoms with Crippen LogP contribution in [0.2, 0.25) is 0 Å². The van der Waals surface area contributed by atoms with E-state index >= 15 is 0 Å². The first-order valence-electron chi connectivity index (χ1n) is 8.91. The molecule has 1 amide bonds. The van der Waals surface area contributed by atoms with Gasteiger partial charge in [-0.2, -0.15) is 0 Å². The van der Waals surface area contributed by atoms with Crippen LogP contribution in [0.5, 0.6) is 17.2 Å². The van der Waals surface area contributed by atoms with Gasteiger partial charge in [-0.15, -0.1) is 0 Å². The highest BCUT2D eigenvalue weighted by atomic mass is 16.7. The maximum atomic E-state index is 12.7. The molecular formula is C18H24N2O5. The second-order valence-electron chi connectivity index (χ2n) is 6.85. The van der Waals surface area contributed by atoms with E-state index < -0.39 is 0 Å². The number of morpholine rings is 1. The SMILES string of the molecule is O=C([C@@H]1CCCN(Cc2cc3c(cc2O)OCO3)C1)N1CCOCC1. The molecule has 0 aliphatic carbocycles. The van der Waals surface area contributed by atoms with Gasteiger partial charge in [0, 0.05) is 37.8 Å². The largest absolute Gasteiger partial charge is 0.507 e.